The Balaban J connectivity index is 1.39. The summed E-state index contributed by atoms with van der Waals surface area (Å²) in [7, 11) is 0. The molecule has 0 fully saturated rings. The monoisotopic (exact) mass is 508 g/mol. The summed E-state index contributed by atoms with van der Waals surface area (Å²) in [6.45, 7) is 5.59. The van der Waals surface area contributed by atoms with E-state index < -0.39 is 11.4 Å². The van der Waals surface area contributed by atoms with Crippen LogP contribution in [0.15, 0.2) is 95.7 Å². The first-order valence-electron chi connectivity index (χ1n) is 12.5. The Morgan fingerprint density at radius 3 is 2.58 bits per heavy atom. The number of nitrogens with one attached hydrogen (secondary N) is 1. The van der Waals surface area contributed by atoms with Gasteiger partial charge in [-0.2, -0.15) is 0 Å². The maximum absolute atomic E-state index is 14.3. The standard InChI is InChI=1S/C32H29FN2O3/c1-20-9-11-25(21(2)15-20)31(23-7-5-4-6-8-23)35-30(36)17-22-10-12-28-24(16-22)18-29(38-28)32(3,37)26-13-14-34-19-27(26)33/h4-16,18-19,31,37H,17H2,1-3H3,(H,35,36)/t31-,32?/m0/s1. The molecule has 5 rings (SSSR count). The summed E-state index contributed by atoms with van der Waals surface area (Å²) < 4.78 is 20.2. The molecule has 0 aliphatic heterocycles. The molecule has 2 heterocycles. The fraction of sp³-hybridized carbons (Fsp3) is 0.188. The van der Waals surface area contributed by atoms with Crippen LogP contribution in [0.25, 0.3) is 11.0 Å². The summed E-state index contributed by atoms with van der Waals surface area (Å²) >= 11 is 0. The van der Waals surface area contributed by atoms with Crippen LogP contribution in [0.2, 0.25) is 0 Å². The lowest BCUT2D eigenvalue weighted by Gasteiger charge is -2.22. The van der Waals surface area contributed by atoms with Gasteiger partial charge in [0.25, 0.3) is 0 Å². The van der Waals surface area contributed by atoms with E-state index >= 15 is 0 Å². The molecule has 5 nitrogen and oxygen atoms in total. The highest BCUT2D eigenvalue weighted by atomic mass is 19.1. The summed E-state index contributed by atoms with van der Waals surface area (Å²) in [6, 6.07) is 24.4. The predicted octanol–water partition coefficient (Wildman–Crippen LogP) is 6.29. The number of fused-ring (bicyclic) bond motifs is 1. The summed E-state index contributed by atoms with van der Waals surface area (Å²) in [5.41, 5.74) is 4.07. The number of aromatic nitrogens is 1. The molecule has 0 aliphatic rings. The number of nitrogens with zero attached hydrogens (tertiary/aromatic N) is 1. The molecule has 3 aromatic carbocycles. The molecule has 0 saturated carbocycles. The number of carbonyl (C=O) groups is 1. The Bertz CT molecular complexity index is 1610. The second-order valence-electron chi connectivity index (χ2n) is 9.86. The van der Waals surface area contributed by atoms with Crippen LogP contribution in [-0.2, 0) is 16.8 Å². The number of carbonyl (C=O) groups excluding carboxylic acids is 1. The first kappa shape index (κ1) is 25.4. The lowest BCUT2D eigenvalue weighted by molar-refractivity contribution is -0.120. The van der Waals surface area contributed by atoms with E-state index in [1.807, 2.05) is 42.5 Å². The van der Waals surface area contributed by atoms with Gasteiger partial charge in [0, 0.05) is 17.1 Å². The van der Waals surface area contributed by atoms with Gasteiger partial charge in [0.05, 0.1) is 18.7 Å². The van der Waals surface area contributed by atoms with Gasteiger partial charge in [0.2, 0.25) is 5.91 Å². The molecule has 0 radical (unpaired) electrons. The second kappa shape index (κ2) is 10.2. The molecule has 2 aromatic heterocycles. The van der Waals surface area contributed by atoms with Gasteiger partial charge in [-0.15, -0.1) is 0 Å². The fourth-order valence-electron chi connectivity index (χ4n) is 4.88. The lowest BCUT2D eigenvalue weighted by Crippen LogP contribution is -2.31. The van der Waals surface area contributed by atoms with Crippen LogP contribution >= 0.6 is 0 Å². The summed E-state index contributed by atoms with van der Waals surface area (Å²) in [4.78, 5) is 17.0. The first-order valence-corrected chi connectivity index (χ1v) is 12.5. The van der Waals surface area contributed by atoms with Crippen LogP contribution < -0.4 is 5.32 Å². The van der Waals surface area contributed by atoms with E-state index in [1.54, 1.807) is 12.1 Å². The molecule has 2 N–H and O–H groups in total. The van der Waals surface area contributed by atoms with Gasteiger partial charge in [-0.25, -0.2) is 4.39 Å². The van der Waals surface area contributed by atoms with Crippen molar-refractivity contribution in [3.63, 3.8) is 0 Å². The SMILES string of the molecule is Cc1ccc([C@@H](NC(=O)Cc2ccc3oc(C(C)(O)c4ccncc4F)cc3c2)c2ccccc2)c(C)c1. The zero-order valence-corrected chi connectivity index (χ0v) is 21.5. The van der Waals surface area contributed by atoms with Crippen molar-refractivity contribution in [2.24, 2.45) is 0 Å². The molecular weight excluding hydrogens is 479 g/mol. The van der Waals surface area contributed by atoms with Crippen molar-refractivity contribution in [1.82, 2.24) is 10.3 Å². The van der Waals surface area contributed by atoms with Crippen LogP contribution in [0, 0.1) is 19.7 Å². The summed E-state index contributed by atoms with van der Waals surface area (Å²) in [5, 5.41) is 15.0. The van der Waals surface area contributed by atoms with E-state index in [0.29, 0.717) is 11.0 Å². The van der Waals surface area contributed by atoms with Gasteiger partial charge in [-0.3, -0.25) is 9.78 Å². The predicted molar refractivity (Wildman–Crippen MR) is 145 cm³/mol. The molecule has 0 bridgehead atoms. The number of furan rings is 1. The molecule has 0 spiro atoms. The van der Waals surface area contributed by atoms with E-state index in [0.717, 1.165) is 28.5 Å². The normalized spacial score (nSPS) is 13.7. The Hall–Kier alpha value is -4.29. The topological polar surface area (TPSA) is 75.4 Å². The number of amides is 1. The third-order valence-corrected chi connectivity index (χ3v) is 6.90. The maximum Gasteiger partial charge on any atom is 0.225 e. The van der Waals surface area contributed by atoms with Crippen LogP contribution in [0.1, 0.15) is 52.1 Å². The van der Waals surface area contributed by atoms with E-state index in [2.05, 4.69) is 42.3 Å². The largest absolute Gasteiger partial charge is 0.458 e. The van der Waals surface area contributed by atoms with Crippen molar-refractivity contribution in [2.75, 3.05) is 0 Å². The third kappa shape index (κ3) is 5.08. The first-order chi connectivity index (χ1) is 18.2. The number of hydrogen-bond acceptors (Lipinski definition) is 4. The van der Waals surface area contributed by atoms with Crippen molar-refractivity contribution < 1.29 is 18.7 Å². The minimum absolute atomic E-state index is 0.0736. The molecule has 0 aliphatic carbocycles. The highest BCUT2D eigenvalue weighted by molar-refractivity contribution is 5.83. The van der Waals surface area contributed by atoms with E-state index in [9.17, 15) is 14.3 Å². The van der Waals surface area contributed by atoms with E-state index in [4.69, 9.17) is 4.42 Å². The number of benzene rings is 3. The summed E-state index contributed by atoms with van der Waals surface area (Å²) in [6.07, 6.45) is 2.65. The molecule has 5 aromatic rings. The van der Waals surface area contributed by atoms with E-state index in [-0.39, 0.29) is 29.7 Å². The molecule has 1 amide bonds. The van der Waals surface area contributed by atoms with Crippen molar-refractivity contribution >= 4 is 16.9 Å². The molecule has 2 atom stereocenters. The Kier molecular flexibility index (Phi) is 6.83. The molecule has 6 heteroatoms. The van der Waals surface area contributed by atoms with Gasteiger partial charge in [-0.1, -0.05) is 60.2 Å². The fourth-order valence-corrected chi connectivity index (χ4v) is 4.88. The molecule has 0 saturated heterocycles. The quantitative estimate of drug-likeness (QED) is 0.271. The number of aliphatic hydroxyl groups is 1. The zero-order valence-electron chi connectivity index (χ0n) is 21.5. The maximum atomic E-state index is 14.3. The number of rotatable bonds is 7. The average Bonchev–Trinajstić information content (AvgIpc) is 3.33. The highest BCUT2D eigenvalue weighted by Gasteiger charge is 2.32. The Morgan fingerprint density at radius 2 is 1.84 bits per heavy atom. The molecule has 1 unspecified atom stereocenters. The number of halogens is 1. The Labute approximate surface area is 221 Å². The number of hydrogen-bond donors (Lipinski definition) is 2. The zero-order chi connectivity index (χ0) is 26.9. The van der Waals surface area contributed by atoms with Crippen molar-refractivity contribution in [3.8, 4) is 0 Å². The van der Waals surface area contributed by atoms with Crippen molar-refractivity contribution in [3.05, 3.63) is 136 Å². The highest BCUT2D eigenvalue weighted by Crippen LogP contribution is 2.35. The van der Waals surface area contributed by atoms with Gasteiger partial charge >= 0.3 is 0 Å². The molecule has 192 valence electrons. The van der Waals surface area contributed by atoms with Crippen LogP contribution in [0.4, 0.5) is 4.39 Å². The minimum atomic E-state index is -1.68. The lowest BCUT2D eigenvalue weighted by atomic mass is 9.93. The second-order valence-corrected chi connectivity index (χ2v) is 9.86. The number of pyridine rings is 1. The van der Waals surface area contributed by atoms with Gasteiger partial charge in [0.1, 0.15) is 22.8 Å². The van der Waals surface area contributed by atoms with Crippen LogP contribution in [-0.4, -0.2) is 16.0 Å². The average molecular weight is 509 g/mol. The van der Waals surface area contributed by atoms with Crippen molar-refractivity contribution in [1.29, 1.82) is 0 Å². The van der Waals surface area contributed by atoms with Gasteiger partial charge < -0.3 is 14.8 Å². The molecule has 38 heavy (non-hydrogen) atoms. The van der Waals surface area contributed by atoms with Crippen LogP contribution in [0.3, 0.4) is 0 Å². The molecular formula is C32H29FN2O3. The summed E-state index contributed by atoms with van der Waals surface area (Å²) in [5.74, 6) is -0.530. The van der Waals surface area contributed by atoms with Gasteiger partial charge in [-0.05, 0) is 67.3 Å². The van der Waals surface area contributed by atoms with Gasteiger partial charge in [0.15, 0.2) is 0 Å². The smallest absolute Gasteiger partial charge is 0.225 e. The minimum Gasteiger partial charge on any atom is -0.458 e. The third-order valence-electron chi connectivity index (χ3n) is 6.90. The van der Waals surface area contributed by atoms with E-state index in [1.165, 1.54) is 24.8 Å². The van der Waals surface area contributed by atoms with Crippen molar-refractivity contribution in [2.45, 2.75) is 38.8 Å². The Morgan fingerprint density at radius 1 is 1.05 bits per heavy atom. The van der Waals surface area contributed by atoms with Crippen LogP contribution in [0.5, 0.6) is 0 Å². The number of aryl methyl sites for hydroxylation is 2.